The molecule has 2 N–H and O–H groups in total. The third-order valence-electron chi connectivity index (χ3n) is 3.22. The van der Waals surface area contributed by atoms with E-state index in [1.807, 2.05) is 14.0 Å². The molecule has 0 aliphatic heterocycles. The summed E-state index contributed by atoms with van der Waals surface area (Å²) in [6.07, 6.45) is 3.23. The SMILES string of the molecule is Cc1c(C(=O)NCC(C)(C)CCCO)cnn1C. The topological polar surface area (TPSA) is 67.2 Å². The summed E-state index contributed by atoms with van der Waals surface area (Å²) >= 11 is 0. The van der Waals surface area contributed by atoms with Gasteiger partial charge in [0.2, 0.25) is 0 Å². The average Bonchev–Trinajstić information content (AvgIpc) is 2.65. The van der Waals surface area contributed by atoms with Crippen molar-refractivity contribution in [1.29, 1.82) is 0 Å². The summed E-state index contributed by atoms with van der Waals surface area (Å²) in [7, 11) is 1.82. The highest BCUT2D eigenvalue weighted by atomic mass is 16.2. The van der Waals surface area contributed by atoms with Gasteiger partial charge in [-0.05, 0) is 25.2 Å². The van der Waals surface area contributed by atoms with Crippen LogP contribution < -0.4 is 5.32 Å². The number of aryl methyl sites for hydroxylation is 1. The molecule has 1 rings (SSSR count). The molecule has 0 saturated heterocycles. The Kier molecular flexibility index (Phi) is 4.90. The first-order chi connectivity index (χ1) is 8.37. The van der Waals surface area contributed by atoms with E-state index in [4.69, 9.17) is 5.11 Å². The van der Waals surface area contributed by atoms with E-state index in [1.54, 1.807) is 10.9 Å². The Morgan fingerprint density at radius 2 is 2.22 bits per heavy atom. The molecule has 0 aromatic carbocycles. The van der Waals surface area contributed by atoms with Crippen LogP contribution in [0, 0.1) is 12.3 Å². The van der Waals surface area contributed by atoms with E-state index in [9.17, 15) is 4.79 Å². The molecule has 0 atom stereocenters. The molecule has 0 unspecified atom stereocenters. The van der Waals surface area contributed by atoms with Crippen molar-refractivity contribution in [3.05, 3.63) is 17.5 Å². The van der Waals surface area contributed by atoms with Gasteiger partial charge in [0.25, 0.3) is 5.91 Å². The third kappa shape index (κ3) is 3.84. The summed E-state index contributed by atoms with van der Waals surface area (Å²) in [6, 6.07) is 0. The quantitative estimate of drug-likeness (QED) is 0.802. The normalized spacial score (nSPS) is 11.6. The van der Waals surface area contributed by atoms with Crippen molar-refractivity contribution in [2.45, 2.75) is 33.6 Å². The van der Waals surface area contributed by atoms with Crippen LogP contribution in [0.2, 0.25) is 0 Å². The number of carbonyl (C=O) groups is 1. The van der Waals surface area contributed by atoms with Crippen LogP contribution in [0.3, 0.4) is 0 Å². The van der Waals surface area contributed by atoms with Gasteiger partial charge < -0.3 is 10.4 Å². The van der Waals surface area contributed by atoms with Crippen LogP contribution in [0.4, 0.5) is 0 Å². The molecule has 0 aliphatic carbocycles. The van der Waals surface area contributed by atoms with Crippen molar-refractivity contribution in [1.82, 2.24) is 15.1 Å². The van der Waals surface area contributed by atoms with Gasteiger partial charge in [0, 0.05) is 25.9 Å². The van der Waals surface area contributed by atoms with Crippen molar-refractivity contribution in [2.75, 3.05) is 13.2 Å². The molecule has 1 amide bonds. The Morgan fingerprint density at radius 3 is 2.72 bits per heavy atom. The van der Waals surface area contributed by atoms with E-state index in [2.05, 4.69) is 24.3 Å². The maximum Gasteiger partial charge on any atom is 0.254 e. The van der Waals surface area contributed by atoms with Gasteiger partial charge in [-0.2, -0.15) is 5.10 Å². The van der Waals surface area contributed by atoms with Crippen LogP contribution in [-0.4, -0.2) is 33.9 Å². The molecule has 0 bridgehead atoms. The zero-order valence-corrected chi connectivity index (χ0v) is 11.7. The predicted octanol–water partition coefficient (Wildman–Crippen LogP) is 1.26. The van der Waals surface area contributed by atoms with Crippen LogP contribution >= 0.6 is 0 Å². The Balaban J connectivity index is 2.53. The summed E-state index contributed by atoms with van der Waals surface area (Å²) < 4.78 is 1.69. The molecule has 1 aromatic rings. The number of hydrogen-bond acceptors (Lipinski definition) is 3. The van der Waals surface area contributed by atoms with Crippen molar-refractivity contribution in [3.63, 3.8) is 0 Å². The lowest BCUT2D eigenvalue weighted by molar-refractivity contribution is 0.0932. The van der Waals surface area contributed by atoms with E-state index in [-0.39, 0.29) is 17.9 Å². The molecule has 102 valence electrons. The highest BCUT2D eigenvalue weighted by Crippen LogP contribution is 2.21. The number of aromatic nitrogens is 2. The fourth-order valence-corrected chi connectivity index (χ4v) is 1.78. The van der Waals surface area contributed by atoms with Gasteiger partial charge in [0.05, 0.1) is 11.8 Å². The summed E-state index contributed by atoms with van der Waals surface area (Å²) in [4.78, 5) is 12.0. The molecular formula is C13H23N3O2. The maximum atomic E-state index is 12.0. The van der Waals surface area contributed by atoms with E-state index in [1.165, 1.54) is 0 Å². The minimum Gasteiger partial charge on any atom is -0.396 e. The van der Waals surface area contributed by atoms with Gasteiger partial charge in [-0.3, -0.25) is 9.48 Å². The lowest BCUT2D eigenvalue weighted by atomic mass is 9.88. The van der Waals surface area contributed by atoms with Crippen molar-refractivity contribution in [2.24, 2.45) is 12.5 Å². The Labute approximate surface area is 108 Å². The van der Waals surface area contributed by atoms with Gasteiger partial charge in [-0.15, -0.1) is 0 Å². The maximum absolute atomic E-state index is 12.0. The van der Waals surface area contributed by atoms with Gasteiger partial charge in [0.1, 0.15) is 0 Å². The molecule has 0 aliphatic rings. The summed E-state index contributed by atoms with van der Waals surface area (Å²) in [5.74, 6) is -0.0855. The fourth-order valence-electron chi connectivity index (χ4n) is 1.78. The van der Waals surface area contributed by atoms with E-state index in [0.29, 0.717) is 12.1 Å². The summed E-state index contributed by atoms with van der Waals surface area (Å²) in [6.45, 7) is 6.83. The number of aliphatic hydroxyl groups excluding tert-OH is 1. The molecule has 1 aromatic heterocycles. The summed E-state index contributed by atoms with van der Waals surface area (Å²) in [5, 5.41) is 15.8. The van der Waals surface area contributed by atoms with Crippen LogP contribution in [-0.2, 0) is 7.05 Å². The van der Waals surface area contributed by atoms with Crippen LogP contribution in [0.15, 0.2) is 6.20 Å². The predicted molar refractivity (Wildman–Crippen MR) is 70.4 cm³/mol. The highest BCUT2D eigenvalue weighted by molar-refractivity contribution is 5.95. The van der Waals surface area contributed by atoms with Gasteiger partial charge >= 0.3 is 0 Å². The third-order valence-corrected chi connectivity index (χ3v) is 3.22. The zero-order chi connectivity index (χ0) is 13.8. The number of carbonyl (C=O) groups excluding carboxylic acids is 1. The zero-order valence-electron chi connectivity index (χ0n) is 11.7. The average molecular weight is 253 g/mol. The standard InChI is InChI=1S/C13H23N3O2/c1-10-11(8-15-16(10)4)12(18)14-9-13(2,3)6-5-7-17/h8,17H,5-7,9H2,1-4H3,(H,14,18). The van der Waals surface area contributed by atoms with Crippen LogP contribution in [0.5, 0.6) is 0 Å². The molecule has 0 radical (unpaired) electrons. The highest BCUT2D eigenvalue weighted by Gasteiger charge is 2.20. The molecular weight excluding hydrogens is 230 g/mol. The molecule has 0 saturated carbocycles. The number of nitrogens with zero attached hydrogens (tertiary/aromatic N) is 2. The van der Waals surface area contributed by atoms with Gasteiger partial charge in [-0.25, -0.2) is 0 Å². The Morgan fingerprint density at radius 1 is 1.56 bits per heavy atom. The number of aliphatic hydroxyl groups is 1. The lowest BCUT2D eigenvalue weighted by Crippen LogP contribution is -2.34. The van der Waals surface area contributed by atoms with Crippen molar-refractivity contribution in [3.8, 4) is 0 Å². The summed E-state index contributed by atoms with van der Waals surface area (Å²) in [5.41, 5.74) is 1.48. The first-order valence-electron chi connectivity index (χ1n) is 6.25. The molecule has 18 heavy (non-hydrogen) atoms. The van der Waals surface area contributed by atoms with Gasteiger partial charge in [-0.1, -0.05) is 13.8 Å². The first kappa shape index (κ1) is 14.7. The molecule has 5 heteroatoms. The number of hydrogen-bond donors (Lipinski definition) is 2. The second kappa shape index (κ2) is 6.00. The minimum absolute atomic E-state index is 0.00545. The first-order valence-corrected chi connectivity index (χ1v) is 6.25. The molecule has 0 spiro atoms. The molecule has 5 nitrogen and oxygen atoms in total. The smallest absolute Gasteiger partial charge is 0.254 e. The number of rotatable bonds is 6. The van der Waals surface area contributed by atoms with Crippen LogP contribution in [0.25, 0.3) is 0 Å². The van der Waals surface area contributed by atoms with Crippen molar-refractivity contribution >= 4 is 5.91 Å². The lowest BCUT2D eigenvalue weighted by Gasteiger charge is -2.24. The number of amides is 1. The largest absolute Gasteiger partial charge is 0.396 e. The second-order valence-electron chi connectivity index (χ2n) is 5.44. The van der Waals surface area contributed by atoms with Crippen LogP contribution in [0.1, 0.15) is 42.7 Å². The monoisotopic (exact) mass is 253 g/mol. The Bertz CT molecular complexity index is 410. The molecule has 0 fully saturated rings. The Hall–Kier alpha value is -1.36. The van der Waals surface area contributed by atoms with E-state index in [0.717, 1.165) is 18.5 Å². The fraction of sp³-hybridized carbons (Fsp3) is 0.692. The van der Waals surface area contributed by atoms with Crippen molar-refractivity contribution < 1.29 is 9.90 Å². The van der Waals surface area contributed by atoms with E-state index >= 15 is 0 Å². The molecule has 1 heterocycles. The second-order valence-corrected chi connectivity index (χ2v) is 5.44. The minimum atomic E-state index is -0.0855. The van der Waals surface area contributed by atoms with E-state index < -0.39 is 0 Å². The number of nitrogens with one attached hydrogen (secondary N) is 1. The van der Waals surface area contributed by atoms with Gasteiger partial charge in [0.15, 0.2) is 0 Å².